The van der Waals surface area contributed by atoms with Gasteiger partial charge in [0, 0.05) is 13.1 Å². The van der Waals surface area contributed by atoms with Gasteiger partial charge in [-0.25, -0.2) is 5.84 Å². The van der Waals surface area contributed by atoms with Crippen molar-refractivity contribution >= 4 is 17.8 Å². The maximum Gasteiger partial charge on any atom is 0.323 e. The van der Waals surface area contributed by atoms with Gasteiger partial charge in [0.05, 0.1) is 13.2 Å². The van der Waals surface area contributed by atoms with Crippen LogP contribution in [0.15, 0.2) is 0 Å². The molecule has 1 heterocycles. The third-order valence-corrected chi connectivity index (χ3v) is 2.69. The molecule has 0 bridgehead atoms. The SMILES string of the molecule is CCCOc1nc(NN)nc(NCC(=O)N(CC)CC)n1. The molecule has 0 radical (unpaired) electrons. The van der Waals surface area contributed by atoms with Crippen molar-refractivity contribution in [3.05, 3.63) is 0 Å². The van der Waals surface area contributed by atoms with E-state index in [1.54, 1.807) is 4.90 Å². The smallest absolute Gasteiger partial charge is 0.323 e. The van der Waals surface area contributed by atoms with Crippen molar-refractivity contribution in [2.24, 2.45) is 5.84 Å². The number of hydrogen-bond donors (Lipinski definition) is 3. The number of nitrogens with two attached hydrogens (primary N) is 1. The van der Waals surface area contributed by atoms with Gasteiger partial charge >= 0.3 is 6.01 Å². The Morgan fingerprint density at radius 1 is 1.19 bits per heavy atom. The molecule has 0 saturated heterocycles. The monoisotopic (exact) mass is 297 g/mol. The molecular formula is C12H23N7O2. The number of aromatic nitrogens is 3. The van der Waals surface area contributed by atoms with Gasteiger partial charge in [0.25, 0.3) is 0 Å². The molecule has 0 aliphatic carbocycles. The number of rotatable bonds is 9. The van der Waals surface area contributed by atoms with Crippen molar-refractivity contribution in [2.45, 2.75) is 27.2 Å². The van der Waals surface area contributed by atoms with Crippen molar-refractivity contribution in [3.8, 4) is 6.01 Å². The molecule has 0 saturated carbocycles. The predicted molar refractivity (Wildman–Crippen MR) is 79.8 cm³/mol. The molecule has 1 amide bonds. The Labute approximate surface area is 124 Å². The topological polar surface area (TPSA) is 118 Å². The van der Waals surface area contributed by atoms with Crippen LogP contribution in [0.3, 0.4) is 0 Å². The molecule has 1 rings (SSSR count). The summed E-state index contributed by atoms with van der Waals surface area (Å²) < 4.78 is 5.34. The lowest BCUT2D eigenvalue weighted by Gasteiger charge is -2.18. The van der Waals surface area contributed by atoms with Crippen molar-refractivity contribution in [1.82, 2.24) is 19.9 Å². The number of hydrogen-bond acceptors (Lipinski definition) is 8. The van der Waals surface area contributed by atoms with Crippen LogP contribution in [0, 0.1) is 0 Å². The van der Waals surface area contributed by atoms with E-state index in [0.29, 0.717) is 19.7 Å². The zero-order valence-electron chi connectivity index (χ0n) is 12.7. The Kier molecular flexibility index (Phi) is 7.16. The highest BCUT2D eigenvalue weighted by molar-refractivity contribution is 5.80. The largest absolute Gasteiger partial charge is 0.463 e. The molecule has 0 spiro atoms. The average molecular weight is 297 g/mol. The molecule has 1 aromatic heterocycles. The van der Waals surface area contributed by atoms with Crippen LogP contribution in [0.5, 0.6) is 6.01 Å². The van der Waals surface area contributed by atoms with Gasteiger partial charge in [0.1, 0.15) is 0 Å². The maximum atomic E-state index is 11.9. The summed E-state index contributed by atoms with van der Waals surface area (Å²) >= 11 is 0. The van der Waals surface area contributed by atoms with Crippen LogP contribution in [0.4, 0.5) is 11.9 Å². The summed E-state index contributed by atoms with van der Waals surface area (Å²) in [5.74, 6) is 5.69. The highest BCUT2D eigenvalue weighted by atomic mass is 16.5. The van der Waals surface area contributed by atoms with Gasteiger partial charge in [-0.3, -0.25) is 10.2 Å². The van der Waals surface area contributed by atoms with Crippen LogP contribution >= 0.6 is 0 Å². The van der Waals surface area contributed by atoms with Crippen molar-refractivity contribution in [2.75, 3.05) is 37.0 Å². The standard InChI is InChI=1S/C12H23N7O2/c1-4-7-21-12-16-10(15-11(17-12)18-13)14-8-9(20)19(5-2)6-3/h4-8,13H2,1-3H3,(H2,14,15,16,17,18). The van der Waals surface area contributed by atoms with Gasteiger partial charge < -0.3 is 15.0 Å². The van der Waals surface area contributed by atoms with E-state index < -0.39 is 0 Å². The van der Waals surface area contributed by atoms with Gasteiger partial charge in [-0.05, 0) is 20.3 Å². The Morgan fingerprint density at radius 3 is 2.43 bits per heavy atom. The number of carbonyl (C=O) groups is 1. The molecule has 1 aromatic rings. The molecular weight excluding hydrogens is 274 g/mol. The normalized spacial score (nSPS) is 10.1. The number of nitrogen functional groups attached to an aromatic ring is 1. The molecule has 0 atom stereocenters. The van der Waals surface area contributed by atoms with E-state index in [4.69, 9.17) is 10.6 Å². The van der Waals surface area contributed by atoms with E-state index in [-0.39, 0.29) is 30.4 Å². The first-order valence-electron chi connectivity index (χ1n) is 7.01. The number of likely N-dealkylation sites (N-methyl/N-ethyl adjacent to an activating group) is 1. The summed E-state index contributed by atoms with van der Waals surface area (Å²) in [7, 11) is 0. The molecule has 0 fully saturated rings. The number of nitrogens with zero attached hydrogens (tertiary/aromatic N) is 4. The van der Waals surface area contributed by atoms with Crippen LogP contribution < -0.4 is 21.3 Å². The summed E-state index contributed by atoms with van der Waals surface area (Å²) in [6.07, 6.45) is 0.834. The Morgan fingerprint density at radius 2 is 1.86 bits per heavy atom. The lowest BCUT2D eigenvalue weighted by molar-refractivity contribution is -0.128. The molecule has 118 valence electrons. The number of carbonyl (C=O) groups excluding carboxylic acids is 1. The Hall–Kier alpha value is -2.16. The number of nitrogens with one attached hydrogen (secondary N) is 2. The quantitative estimate of drug-likeness (QED) is 0.438. The number of amides is 1. The second-order valence-corrected chi connectivity index (χ2v) is 4.18. The highest BCUT2D eigenvalue weighted by Crippen LogP contribution is 2.10. The zero-order valence-corrected chi connectivity index (χ0v) is 12.7. The first kappa shape index (κ1) is 16.9. The van der Waals surface area contributed by atoms with E-state index in [9.17, 15) is 4.79 Å². The molecule has 9 nitrogen and oxygen atoms in total. The average Bonchev–Trinajstić information content (AvgIpc) is 2.51. The van der Waals surface area contributed by atoms with Gasteiger partial charge in [-0.1, -0.05) is 6.92 Å². The zero-order chi connectivity index (χ0) is 15.7. The van der Waals surface area contributed by atoms with Crippen LogP contribution in [0.25, 0.3) is 0 Å². The van der Waals surface area contributed by atoms with E-state index in [1.807, 2.05) is 20.8 Å². The maximum absolute atomic E-state index is 11.9. The fraction of sp³-hybridized carbons (Fsp3) is 0.667. The molecule has 21 heavy (non-hydrogen) atoms. The minimum atomic E-state index is -0.0290. The van der Waals surface area contributed by atoms with Gasteiger partial charge in [-0.15, -0.1) is 0 Å². The van der Waals surface area contributed by atoms with Crippen molar-refractivity contribution < 1.29 is 9.53 Å². The van der Waals surface area contributed by atoms with E-state index in [2.05, 4.69) is 25.7 Å². The molecule has 0 aromatic carbocycles. The molecule has 0 unspecified atom stereocenters. The summed E-state index contributed by atoms with van der Waals surface area (Å²) in [5.41, 5.74) is 2.34. The lowest BCUT2D eigenvalue weighted by atomic mass is 10.4. The second-order valence-electron chi connectivity index (χ2n) is 4.18. The van der Waals surface area contributed by atoms with Crippen LogP contribution in [-0.2, 0) is 4.79 Å². The van der Waals surface area contributed by atoms with E-state index >= 15 is 0 Å². The molecule has 0 aliphatic heterocycles. The minimum absolute atomic E-state index is 0.0290. The minimum Gasteiger partial charge on any atom is -0.463 e. The van der Waals surface area contributed by atoms with Gasteiger partial charge in [0.2, 0.25) is 17.8 Å². The number of anilines is 2. The number of hydrazine groups is 1. The van der Waals surface area contributed by atoms with Crippen molar-refractivity contribution in [1.29, 1.82) is 0 Å². The molecule has 9 heteroatoms. The van der Waals surface area contributed by atoms with E-state index in [1.165, 1.54) is 0 Å². The first-order valence-corrected chi connectivity index (χ1v) is 7.01. The number of ether oxygens (including phenoxy) is 1. The fourth-order valence-corrected chi connectivity index (χ4v) is 1.60. The Bertz CT molecular complexity index is 451. The second kappa shape index (κ2) is 8.90. The van der Waals surface area contributed by atoms with Gasteiger partial charge in [0.15, 0.2) is 0 Å². The molecule has 4 N–H and O–H groups in total. The van der Waals surface area contributed by atoms with Gasteiger partial charge in [-0.2, -0.15) is 15.0 Å². The predicted octanol–water partition coefficient (Wildman–Crippen LogP) is 0.226. The van der Waals surface area contributed by atoms with Crippen LogP contribution in [0.1, 0.15) is 27.2 Å². The van der Waals surface area contributed by atoms with Crippen LogP contribution in [-0.4, -0.2) is 52.0 Å². The Balaban J connectivity index is 2.71. The summed E-state index contributed by atoms with van der Waals surface area (Å²) in [4.78, 5) is 25.7. The fourth-order valence-electron chi connectivity index (χ4n) is 1.60. The highest BCUT2D eigenvalue weighted by Gasteiger charge is 2.11. The summed E-state index contributed by atoms with van der Waals surface area (Å²) in [6.45, 7) is 7.75. The third-order valence-electron chi connectivity index (χ3n) is 2.69. The lowest BCUT2D eigenvalue weighted by Crippen LogP contribution is -2.35. The first-order chi connectivity index (χ1) is 10.1. The van der Waals surface area contributed by atoms with Crippen LogP contribution in [0.2, 0.25) is 0 Å². The van der Waals surface area contributed by atoms with Crippen molar-refractivity contribution in [3.63, 3.8) is 0 Å². The third kappa shape index (κ3) is 5.38. The van der Waals surface area contributed by atoms with E-state index in [0.717, 1.165) is 6.42 Å². The molecule has 0 aliphatic rings. The summed E-state index contributed by atoms with van der Waals surface area (Å²) in [6, 6.07) is 0.164. The summed E-state index contributed by atoms with van der Waals surface area (Å²) in [5, 5.41) is 2.86.